The van der Waals surface area contributed by atoms with Crippen LogP contribution >= 0.6 is 12.2 Å². The molecule has 0 saturated heterocycles. The smallest absolute Gasteiger partial charge is 0.238 e. The van der Waals surface area contributed by atoms with Crippen LogP contribution in [0.25, 0.3) is 0 Å². The van der Waals surface area contributed by atoms with Crippen LogP contribution in [0.15, 0.2) is 24.3 Å². The molecular weight excluding hydrogens is 262 g/mol. The Labute approximate surface area is 118 Å². The van der Waals surface area contributed by atoms with Gasteiger partial charge in [-0.05, 0) is 18.7 Å². The van der Waals surface area contributed by atoms with Gasteiger partial charge in [0, 0.05) is 12.1 Å². The lowest BCUT2D eigenvalue weighted by Crippen LogP contribution is -2.35. The molecule has 6 heteroatoms. The number of para-hydroxylation sites is 1. The second kappa shape index (κ2) is 7.83. The second-order valence-electron chi connectivity index (χ2n) is 4.05. The standard InChI is InChI=1S/C13H19N3O2S/c1-2-16(7-8-17)9-12(18)15-11-6-4-3-5-10(11)13(14)19/h3-6,17H,2,7-9H2,1H3,(H2,14,19)(H,15,18). The van der Waals surface area contributed by atoms with E-state index in [2.05, 4.69) is 5.32 Å². The molecule has 5 nitrogen and oxygen atoms in total. The SMILES string of the molecule is CCN(CCO)CC(=O)Nc1ccccc1C(N)=S. The van der Waals surface area contributed by atoms with Gasteiger partial charge in [0.2, 0.25) is 5.91 Å². The first-order chi connectivity index (χ1) is 9.08. The van der Waals surface area contributed by atoms with Crippen molar-refractivity contribution in [3.8, 4) is 0 Å². The third-order valence-corrected chi connectivity index (χ3v) is 2.92. The van der Waals surface area contributed by atoms with Gasteiger partial charge in [-0.15, -0.1) is 0 Å². The quantitative estimate of drug-likeness (QED) is 0.637. The average molecular weight is 281 g/mol. The van der Waals surface area contributed by atoms with E-state index in [9.17, 15) is 4.79 Å². The zero-order valence-corrected chi connectivity index (χ0v) is 11.7. The molecule has 0 unspecified atom stereocenters. The monoisotopic (exact) mass is 281 g/mol. The minimum absolute atomic E-state index is 0.0323. The number of likely N-dealkylation sites (N-methyl/N-ethyl adjacent to an activating group) is 1. The molecule has 104 valence electrons. The number of rotatable bonds is 7. The first-order valence-electron chi connectivity index (χ1n) is 6.10. The number of hydrogen-bond acceptors (Lipinski definition) is 4. The van der Waals surface area contributed by atoms with Crippen LogP contribution in [0.5, 0.6) is 0 Å². The van der Waals surface area contributed by atoms with Crippen LogP contribution in [0.4, 0.5) is 5.69 Å². The summed E-state index contributed by atoms with van der Waals surface area (Å²) in [6, 6.07) is 7.15. The van der Waals surface area contributed by atoms with Crippen LogP contribution in [-0.4, -0.2) is 47.1 Å². The van der Waals surface area contributed by atoms with Crippen LogP contribution in [-0.2, 0) is 4.79 Å². The Morgan fingerprint density at radius 2 is 2.16 bits per heavy atom. The lowest BCUT2D eigenvalue weighted by Gasteiger charge is -2.19. The van der Waals surface area contributed by atoms with Crippen molar-refractivity contribution in [2.75, 3.05) is 31.6 Å². The Kier molecular flexibility index (Phi) is 6.41. The number of thiocarbonyl (C=S) groups is 1. The maximum Gasteiger partial charge on any atom is 0.238 e. The third kappa shape index (κ3) is 4.94. The molecule has 0 aromatic heterocycles. The molecule has 0 atom stereocenters. The van der Waals surface area contributed by atoms with Gasteiger partial charge in [-0.2, -0.15) is 0 Å². The molecule has 19 heavy (non-hydrogen) atoms. The van der Waals surface area contributed by atoms with Gasteiger partial charge in [0.25, 0.3) is 0 Å². The molecule has 0 fully saturated rings. The Morgan fingerprint density at radius 3 is 2.74 bits per heavy atom. The Hall–Kier alpha value is -1.50. The van der Waals surface area contributed by atoms with Crippen LogP contribution in [0.1, 0.15) is 12.5 Å². The van der Waals surface area contributed by atoms with E-state index in [0.29, 0.717) is 24.3 Å². The molecule has 0 spiro atoms. The molecule has 4 N–H and O–H groups in total. The van der Waals surface area contributed by atoms with E-state index < -0.39 is 0 Å². The van der Waals surface area contributed by atoms with E-state index in [1.54, 1.807) is 12.1 Å². The number of aliphatic hydroxyl groups is 1. The molecule has 0 saturated carbocycles. The summed E-state index contributed by atoms with van der Waals surface area (Å²) >= 11 is 4.94. The van der Waals surface area contributed by atoms with Gasteiger partial charge >= 0.3 is 0 Å². The summed E-state index contributed by atoms with van der Waals surface area (Å²) in [7, 11) is 0. The third-order valence-electron chi connectivity index (χ3n) is 2.70. The van der Waals surface area contributed by atoms with E-state index in [-0.39, 0.29) is 24.0 Å². The molecule has 0 aliphatic rings. The summed E-state index contributed by atoms with van der Waals surface area (Å²) in [5, 5.41) is 11.7. The van der Waals surface area contributed by atoms with Crippen molar-refractivity contribution in [3.63, 3.8) is 0 Å². The highest BCUT2D eigenvalue weighted by atomic mass is 32.1. The van der Waals surface area contributed by atoms with Gasteiger partial charge in [-0.3, -0.25) is 9.69 Å². The van der Waals surface area contributed by atoms with Crippen LogP contribution in [0.2, 0.25) is 0 Å². The van der Waals surface area contributed by atoms with Gasteiger partial charge < -0.3 is 16.2 Å². The minimum Gasteiger partial charge on any atom is -0.395 e. The molecular formula is C13H19N3O2S. The number of benzene rings is 1. The molecule has 1 amide bonds. The van der Waals surface area contributed by atoms with Crippen molar-refractivity contribution in [2.45, 2.75) is 6.92 Å². The van der Waals surface area contributed by atoms with E-state index >= 15 is 0 Å². The highest BCUT2D eigenvalue weighted by Crippen LogP contribution is 2.14. The highest BCUT2D eigenvalue weighted by Gasteiger charge is 2.11. The fourth-order valence-electron chi connectivity index (χ4n) is 1.69. The molecule has 1 rings (SSSR count). The Bertz CT molecular complexity index is 451. The van der Waals surface area contributed by atoms with Crippen LogP contribution in [0, 0.1) is 0 Å². The summed E-state index contributed by atoms with van der Waals surface area (Å²) in [6.45, 7) is 3.37. The number of nitrogens with one attached hydrogen (secondary N) is 1. The largest absolute Gasteiger partial charge is 0.395 e. The van der Waals surface area contributed by atoms with Crippen LogP contribution < -0.4 is 11.1 Å². The molecule has 1 aromatic carbocycles. The van der Waals surface area contributed by atoms with Crippen molar-refractivity contribution in [1.29, 1.82) is 0 Å². The molecule has 0 bridgehead atoms. The van der Waals surface area contributed by atoms with Gasteiger partial charge in [-0.1, -0.05) is 31.3 Å². The Morgan fingerprint density at radius 1 is 1.47 bits per heavy atom. The summed E-state index contributed by atoms with van der Waals surface area (Å²) < 4.78 is 0. The van der Waals surface area contributed by atoms with E-state index in [1.807, 2.05) is 24.0 Å². The maximum atomic E-state index is 11.9. The number of carbonyl (C=O) groups is 1. The van der Waals surface area contributed by atoms with Crippen molar-refractivity contribution < 1.29 is 9.90 Å². The zero-order valence-electron chi connectivity index (χ0n) is 10.9. The number of nitrogens with zero attached hydrogens (tertiary/aromatic N) is 1. The summed E-state index contributed by atoms with van der Waals surface area (Å²) in [5.74, 6) is -0.154. The van der Waals surface area contributed by atoms with Crippen molar-refractivity contribution in [2.24, 2.45) is 5.73 Å². The van der Waals surface area contributed by atoms with Gasteiger partial charge in [0.1, 0.15) is 4.99 Å². The van der Waals surface area contributed by atoms with Crippen molar-refractivity contribution >= 4 is 28.8 Å². The first-order valence-corrected chi connectivity index (χ1v) is 6.51. The number of nitrogens with two attached hydrogens (primary N) is 1. The molecule has 0 radical (unpaired) electrons. The maximum absolute atomic E-state index is 11.9. The highest BCUT2D eigenvalue weighted by molar-refractivity contribution is 7.80. The summed E-state index contributed by atoms with van der Waals surface area (Å²) in [4.78, 5) is 14.0. The normalized spacial score (nSPS) is 10.5. The van der Waals surface area contributed by atoms with E-state index in [0.717, 1.165) is 0 Å². The average Bonchev–Trinajstić information content (AvgIpc) is 2.38. The fraction of sp³-hybridized carbons (Fsp3) is 0.385. The number of hydrogen-bond donors (Lipinski definition) is 3. The molecule has 0 heterocycles. The fourth-order valence-corrected chi connectivity index (χ4v) is 1.87. The lowest BCUT2D eigenvalue weighted by atomic mass is 10.2. The topological polar surface area (TPSA) is 78.6 Å². The summed E-state index contributed by atoms with van der Waals surface area (Å²) in [5.41, 5.74) is 6.86. The number of aliphatic hydroxyl groups excluding tert-OH is 1. The number of amides is 1. The van der Waals surface area contributed by atoms with E-state index in [4.69, 9.17) is 23.1 Å². The van der Waals surface area contributed by atoms with E-state index in [1.165, 1.54) is 0 Å². The predicted octanol–water partition coefficient (Wildman–Crippen LogP) is 0.573. The van der Waals surface area contributed by atoms with Gasteiger partial charge in [0.15, 0.2) is 0 Å². The second-order valence-corrected chi connectivity index (χ2v) is 4.49. The van der Waals surface area contributed by atoms with Crippen molar-refractivity contribution in [1.82, 2.24) is 4.90 Å². The molecule has 0 aliphatic carbocycles. The van der Waals surface area contributed by atoms with Gasteiger partial charge in [0.05, 0.1) is 18.8 Å². The summed E-state index contributed by atoms with van der Waals surface area (Å²) in [6.07, 6.45) is 0. The zero-order chi connectivity index (χ0) is 14.3. The lowest BCUT2D eigenvalue weighted by molar-refractivity contribution is -0.117. The molecule has 1 aromatic rings. The van der Waals surface area contributed by atoms with Crippen LogP contribution in [0.3, 0.4) is 0 Å². The minimum atomic E-state index is -0.154. The van der Waals surface area contributed by atoms with Gasteiger partial charge in [-0.25, -0.2) is 0 Å². The Balaban J connectivity index is 2.69. The van der Waals surface area contributed by atoms with Crippen molar-refractivity contribution in [3.05, 3.63) is 29.8 Å². The predicted molar refractivity (Wildman–Crippen MR) is 80.2 cm³/mol. The molecule has 0 aliphatic heterocycles. The number of carbonyl (C=O) groups excluding carboxylic acids is 1. The number of anilines is 1. The first kappa shape index (κ1) is 15.6.